The SMILES string of the molecule is CC(C)CNC(=O)c1cnc(N2CCCC2)nc1. The molecule has 2 rings (SSSR count). The Kier molecular flexibility index (Phi) is 4.12. The van der Waals surface area contributed by atoms with Gasteiger partial charge in [0.1, 0.15) is 0 Å². The van der Waals surface area contributed by atoms with Crippen molar-refractivity contribution in [2.75, 3.05) is 24.5 Å². The summed E-state index contributed by atoms with van der Waals surface area (Å²) in [5.41, 5.74) is 0.526. The first-order valence-corrected chi connectivity index (χ1v) is 6.52. The molecule has 5 nitrogen and oxygen atoms in total. The van der Waals surface area contributed by atoms with E-state index in [1.165, 1.54) is 12.8 Å². The number of hydrogen-bond donors (Lipinski definition) is 1. The highest BCUT2D eigenvalue weighted by Gasteiger charge is 2.15. The Morgan fingerprint density at radius 1 is 1.33 bits per heavy atom. The number of hydrogen-bond acceptors (Lipinski definition) is 4. The van der Waals surface area contributed by atoms with Crippen LogP contribution in [-0.2, 0) is 0 Å². The van der Waals surface area contributed by atoms with E-state index in [0.717, 1.165) is 19.0 Å². The Morgan fingerprint density at radius 3 is 2.50 bits per heavy atom. The van der Waals surface area contributed by atoms with E-state index in [2.05, 4.69) is 34.0 Å². The number of carbonyl (C=O) groups is 1. The molecule has 18 heavy (non-hydrogen) atoms. The Labute approximate surface area is 108 Å². The van der Waals surface area contributed by atoms with E-state index in [0.29, 0.717) is 18.0 Å². The molecule has 1 amide bonds. The highest BCUT2D eigenvalue weighted by molar-refractivity contribution is 5.93. The van der Waals surface area contributed by atoms with Gasteiger partial charge in [-0.1, -0.05) is 13.8 Å². The van der Waals surface area contributed by atoms with E-state index in [1.54, 1.807) is 12.4 Å². The smallest absolute Gasteiger partial charge is 0.254 e. The van der Waals surface area contributed by atoms with Crippen molar-refractivity contribution in [2.45, 2.75) is 26.7 Å². The standard InChI is InChI=1S/C13H20N4O/c1-10(2)7-14-12(18)11-8-15-13(16-9-11)17-5-3-4-6-17/h8-10H,3-7H2,1-2H3,(H,14,18). The molecular formula is C13H20N4O. The molecule has 0 spiro atoms. The first-order valence-electron chi connectivity index (χ1n) is 6.52. The molecule has 1 saturated heterocycles. The van der Waals surface area contributed by atoms with Crippen LogP contribution in [0.1, 0.15) is 37.0 Å². The van der Waals surface area contributed by atoms with Crippen molar-refractivity contribution < 1.29 is 4.79 Å². The van der Waals surface area contributed by atoms with Gasteiger partial charge in [0.2, 0.25) is 5.95 Å². The summed E-state index contributed by atoms with van der Waals surface area (Å²) in [5.74, 6) is 1.07. The van der Waals surface area contributed by atoms with Gasteiger partial charge in [-0.2, -0.15) is 0 Å². The van der Waals surface area contributed by atoms with Gasteiger partial charge in [-0.05, 0) is 18.8 Å². The lowest BCUT2D eigenvalue weighted by molar-refractivity contribution is 0.0948. The highest BCUT2D eigenvalue weighted by Crippen LogP contribution is 2.14. The summed E-state index contributed by atoms with van der Waals surface area (Å²) < 4.78 is 0. The van der Waals surface area contributed by atoms with Crippen LogP contribution in [0.15, 0.2) is 12.4 Å². The number of rotatable bonds is 4. The lowest BCUT2D eigenvalue weighted by Gasteiger charge is -2.14. The maximum Gasteiger partial charge on any atom is 0.254 e. The van der Waals surface area contributed by atoms with E-state index in [4.69, 9.17) is 0 Å². The van der Waals surface area contributed by atoms with Gasteiger partial charge in [-0.15, -0.1) is 0 Å². The summed E-state index contributed by atoms with van der Waals surface area (Å²) in [4.78, 5) is 22.5. The normalized spacial score (nSPS) is 15.2. The second kappa shape index (κ2) is 5.80. The molecule has 1 aliphatic rings. The molecule has 0 atom stereocenters. The van der Waals surface area contributed by atoms with Crippen molar-refractivity contribution in [1.29, 1.82) is 0 Å². The first-order chi connectivity index (χ1) is 8.66. The lowest BCUT2D eigenvalue weighted by atomic mass is 10.2. The number of nitrogens with one attached hydrogen (secondary N) is 1. The van der Waals surface area contributed by atoms with Crippen molar-refractivity contribution in [3.63, 3.8) is 0 Å². The Hall–Kier alpha value is -1.65. The summed E-state index contributed by atoms with van der Waals surface area (Å²) in [6, 6.07) is 0. The molecule has 0 bridgehead atoms. The van der Waals surface area contributed by atoms with Gasteiger partial charge in [-0.25, -0.2) is 9.97 Å². The zero-order valence-electron chi connectivity index (χ0n) is 11.0. The Bertz CT molecular complexity index is 396. The number of amides is 1. The summed E-state index contributed by atoms with van der Waals surface area (Å²) in [7, 11) is 0. The fraction of sp³-hybridized carbons (Fsp3) is 0.615. The largest absolute Gasteiger partial charge is 0.352 e. The van der Waals surface area contributed by atoms with E-state index < -0.39 is 0 Å². The van der Waals surface area contributed by atoms with Crippen molar-refractivity contribution in [3.05, 3.63) is 18.0 Å². The van der Waals surface area contributed by atoms with Crippen molar-refractivity contribution in [2.24, 2.45) is 5.92 Å². The average molecular weight is 248 g/mol. The predicted octanol–water partition coefficient (Wildman–Crippen LogP) is 1.46. The van der Waals surface area contributed by atoms with Crippen LogP contribution in [0.2, 0.25) is 0 Å². The fourth-order valence-corrected chi connectivity index (χ4v) is 1.92. The first kappa shape index (κ1) is 12.8. The molecule has 0 radical (unpaired) electrons. The van der Waals surface area contributed by atoms with E-state index in [-0.39, 0.29) is 5.91 Å². The molecule has 1 N–H and O–H groups in total. The van der Waals surface area contributed by atoms with Crippen molar-refractivity contribution in [1.82, 2.24) is 15.3 Å². The van der Waals surface area contributed by atoms with Gasteiger partial charge in [0.05, 0.1) is 5.56 Å². The minimum atomic E-state index is -0.100. The predicted molar refractivity (Wildman–Crippen MR) is 70.7 cm³/mol. The maximum atomic E-state index is 11.8. The topological polar surface area (TPSA) is 58.1 Å². The molecule has 1 fully saturated rings. The fourth-order valence-electron chi connectivity index (χ4n) is 1.92. The third-order valence-corrected chi connectivity index (χ3v) is 2.96. The third kappa shape index (κ3) is 3.18. The summed E-state index contributed by atoms with van der Waals surface area (Å²) in [5, 5.41) is 2.85. The van der Waals surface area contributed by atoms with Crippen molar-refractivity contribution >= 4 is 11.9 Å². The monoisotopic (exact) mass is 248 g/mol. The molecule has 1 aliphatic heterocycles. The highest BCUT2D eigenvalue weighted by atomic mass is 16.1. The van der Waals surface area contributed by atoms with Gasteiger partial charge in [-0.3, -0.25) is 4.79 Å². The number of carbonyl (C=O) groups excluding carboxylic acids is 1. The summed E-state index contributed by atoms with van der Waals surface area (Å²) in [6.07, 6.45) is 5.60. The van der Waals surface area contributed by atoms with Crippen LogP contribution in [0.25, 0.3) is 0 Å². The second-order valence-electron chi connectivity index (χ2n) is 5.07. The number of anilines is 1. The van der Waals surface area contributed by atoms with Crippen LogP contribution < -0.4 is 10.2 Å². The molecule has 5 heteroatoms. The molecule has 2 heterocycles. The van der Waals surface area contributed by atoms with Crippen LogP contribution in [0.4, 0.5) is 5.95 Å². The van der Waals surface area contributed by atoms with Crippen LogP contribution >= 0.6 is 0 Å². The Morgan fingerprint density at radius 2 is 1.94 bits per heavy atom. The quantitative estimate of drug-likeness (QED) is 0.876. The zero-order chi connectivity index (χ0) is 13.0. The molecule has 0 aliphatic carbocycles. The van der Waals surface area contributed by atoms with Crippen molar-refractivity contribution in [3.8, 4) is 0 Å². The zero-order valence-corrected chi connectivity index (χ0v) is 11.0. The third-order valence-electron chi connectivity index (χ3n) is 2.96. The molecule has 1 aromatic rings. The van der Waals surface area contributed by atoms with Gasteiger partial charge < -0.3 is 10.2 Å². The minimum Gasteiger partial charge on any atom is -0.352 e. The molecule has 0 aromatic carbocycles. The van der Waals surface area contributed by atoms with Gasteiger partial charge in [0, 0.05) is 32.0 Å². The summed E-state index contributed by atoms with van der Waals surface area (Å²) in [6.45, 7) is 6.82. The van der Waals surface area contributed by atoms with E-state index >= 15 is 0 Å². The second-order valence-corrected chi connectivity index (χ2v) is 5.07. The molecule has 1 aromatic heterocycles. The average Bonchev–Trinajstić information content (AvgIpc) is 2.90. The summed E-state index contributed by atoms with van der Waals surface area (Å²) >= 11 is 0. The van der Waals surface area contributed by atoms with Crippen LogP contribution in [-0.4, -0.2) is 35.5 Å². The van der Waals surface area contributed by atoms with Gasteiger partial charge in [0.25, 0.3) is 5.91 Å². The minimum absolute atomic E-state index is 0.100. The van der Waals surface area contributed by atoms with Crippen LogP contribution in [0.3, 0.4) is 0 Å². The molecular weight excluding hydrogens is 228 g/mol. The molecule has 0 saturated carbocycles. The van der Waals surface area contributed by atoms with Crippen LogP contribution in [0.5, 0.6) is 0 Å². The molecule has 98 valence electrons. The van der Waals surface area contributed by atoms with Crippen LogP contribution in [0, 0.1) is 5.92 Å². The Balaban J connectivity index is 1.96. The van der Waals surface area contributed by atoms with Gasteiger partial charge in [0.15, 0.2) is 0 Å². The molecule has 0 unspecified atom stereocenters. The lowest BCUT2D eigenvalue weighted by Crippen LogP contribution is -2.28. The number of aromatic nitrogens is 2. The van der Waals surface area contributed by atoms with E-state index in [1.807, 2.05) is 0 Å². The van der Waals surface area contributed by atoms with Gasteiger partial charge >= 0.3 is 0 Å². The number of nitrogens with zero attached hydrogens (tertiary/aromatic N) is 3. The maximum absolute atomic E-state index is 11.8. The van der Waals surface area contributed by atoms with E-state index in [9.17, 15) is 4.79 Å².